The Morgan fingerprint density at radius 2 is 2.09 bits per heavy atom. The molecule has 22 heavy (non-hydrogen) atoms. The summed E-state index contributed by atoms with van der Waals surface area (Å²) >= 11 is 0. The van der Waals surface area contributed by atoms with Gasteiger partial charge in [0.2, 0.25) is 0 Å². The van der Waals surface area contributed by atoms with Crippen molar-refractivity contribution in [2.24, 2.45) is 16.6 Å². The van der Waals surface area contributed by atoms with Crippen LogP contribution in [0.5, 0.6) is 0 Å². The fourth-order valence-corrected chi connectivity index (χ4v) is 2.37. The molecule has 0 aromatic carbocycles. The van der Waals surface area contributed by atoms with E-state index in [0.717, 1.165) is 23.7 Å². The molecule has 0 aliphatic rings. The minimum absolute atomic E-state index is 0.338. The molecule has 0 radical (unpaired) electrons. The normalized spacial score (nSPS) is 13.7. The molecule has 0 aliphatic carbocycles. The first kappa shape index (κ1) is 16.3. The number of hydrogen-bond donors (Lipinski definition) is 2. The molecule has 2 aromatic rings. The molecule has 0 spiro atoms. The lowest BCUT2D eigenvalue weighted by Gasteiger charge is -2.15. The topological polar surface area (TPSA) is 80.6 Å². The molecule has 2 aromatic heterocycles. The Morgan fingerprint density at radius 3 is 2.86 bits per heavy atom. The van der Waals surface area contributed by atoms with Crippen LogP contribution in [0.15, 0.2) is 29.5 Å². The average Bonchev–Trinajstić information content (AvgIpc) is 2.93. The molecule has 0 fully saturated rings. The van der Waals surface area contributed by atoms with Crippen LogP contribution in [0.3, 0.4) is 0 Å². The highest BCUT2D eigenvalue weighted by atomic mass is 15.3. The summed E-state index contributed by atoms with van der Waals surface area (Å²) < 4.78 is 1.78. The number of rotatable bonds is 7. The number of fused-ring (bicyclic) bond motifs is 1. The van der Waals surface area contributed by atoms with E-state index in [2.05, 4.69) is 41.2 Å². The van der Waals surface area contributed by atoms with Gasteiger partial charge in [0.1, 0.15) is 0 Å². The van der Waals surface area contributed by atoms with Gasteiger partial charge in [0.15, 0.2) is 11.6 Å². The van der Waals surface area contributed by atoms with Crippen LogP contribution in [0.2, 0.25) is 0 Å². The average molecular weight is 302 g/mol. The monoisotopic (exact) mass is 302 g/mol. The van der Waals surface area contributed by atoms with E-state index < -0.39 is 0 Å². The number of aliphatic imine (C=N–C) groups is 1. The van der Waals surface area contributed by atoms with Crippen molar-refractivity contribution in [1.82, 2.24) is 19.9 Å². The molecule has 120 valence electrons. The first-order valence-electron chi connectivity index (χ1n) is 7.90. The molecular weight excluding hydrogens is 276 g/mol. The molecule has 2 rings (SSSR count). The molecule has 3 N–H and O–H groups in total. The maximum absolute atomic E-state index is 5.97. The summed E-state index contributed by atoms with van der Waals surface area (Å²) in [5, 5.41) is 7.49. The fraction of sp³-hybridized carbons (Fsp3) is 0.562. The summed E-state index contributed by atoms with van der Waals surface area (Å²) in [4.78, 5) is 8.63. The van der Waals surface area contributed by atoms with Crippen molar-refractivity contribution >= 4 is 11.6 Å². The molecule has 0 saturated heterocycles. The van der Waals surface area contributed by atoms with Crippen molar-refractivity contribution in [2.45, 2.75) is 52.6 Å². The first-order valence-corrected chi connectivity index (χ1v) is 7.90. The van der Waals surface area contributed by atoms with Gasteiger partial charge in [-0.2, -0.15) is 5.10 Å². The number of guanidine groups is 1. The van der Waals surface area contributed by atoms with Crippen LogP contribution in [0.1, 0.15) is 45.7 Å². The summed E-state index contributed by atoms with van der Waals surface area (Å²) in [5.41, 5.74) is 7.75. The van der Waals surface area contributed by atoms with Gasteiger partial charge in [-0.3, -0.25) is 0 Å². The van der Waals surface area contributed by atoms with E-state index in [4.69, 9.17) is 5.73 Å². The van der Waals surface area contributed by atoms with Gasteiger partial charge in [0, 0.05) is 18.3 Å². The van der Waals surface area contributed by atoms with Gasteiger partial charge in [-0.25, -0.2) is 14.5 Å². The largest absolute Gasteiger partial charge is 0.370 e. The van der Waals surface area contributed by atoms with Crippen LogP contribution >= 0.6 is 0 Å². The van der Waals surface area contributed by atoms with Crippen molar-refractivity contribution < 1.29 is 0 Å². The van der Waals surface area contributed by atoms with Gasteiger partial charge in [-0.05, 0) is 25.3 Å². The molecule has 1 unspecified atom stereocenters. The van der Waals surface area contributed by atoms with Crippen LogP contribution < -0.4 is 11.1 Å². The molecule has 0 bridgehead atoms. The lowest BCUT2D eigenvalue weighted by atomic mass is 10.0. The first-order chi connectivity index (χ1) is 10.6. The second kappa shape index (κ2) is 7.77. The van der Waals surface area contributed by atoms with E-state index in [1.165, 1.54) is 12.8 Å². The standard InChI is InChI=1S/C16H26N6/c1-12(2)5-4-6-13(3)21-16(17)19-11-14-7-9-18-15-8-10-20-22(14)15/h7-10,12-13H,4-6,11H2,1-3H3,(H3,17,19,21). The van der Waals surface area contributed by atoms with Crippen molar-refractivity contribution in [3.8, 4) is 0 Å². The second-order valence-corrected chi connectivity index (χ2v) is 6.11. The zero-order valence-electron chi connectivity index (χ0n) is 13.7. The smallest absolute Gasteiger partial charge is 0.189 e. The number of nitrogens with two attached hydrogens (primary N) is 1. The Balaban J connectivity index is 1.86. The zero-order valence-corrected chi connectivity index (χ0v) is 13.7. The maximum Gasteiger partial charge on any atom is 0.189 e. The Morgan fingerprint density at radius 1 is 1.27 bits per heavy atom. The van der Waals surface area contributed by atoms with Crippen molar-refractivity contribution in [3.63, 3.8) is 0 Å². The number of hydrogen-bond acceptors (Lipinski definition) is 3. The third-order valence-electron chi connectivity index (χ3n) is 3.59. The fourth-order valence-electron chi connectivity index (χ4n) is 2.37. The lowest BCUT2D eigenvalue weighted by molar-refractivity contribution is 0.493. The summed E-state index contributed by atoms with van der Waals surface area (Å²) in [6.45, 7) is 7.12. The highest BCUT2D eigenvalue weighted by Crippen LogP contribution is 2.08. The third-order valence-corrected chi connectivity index (χ3v) is 3.59. The minimum atomic E-state index is 0.338. The van der Waals surface area contributed by atoms with Gasteiger partial charge in [-0.1, -0.05) is 26.7 Å². The van der Waals surface area contributed by atoms with Gasteiger partial charge in [-0.15, -0.1) is 0 Å². The SMILES string of the molecule is CC(C)CCCC(C)NC(N)=NCc1ccnc2ccnn12. The molecule has 6 nitrogen and oxygen atoms in total. The number of nitrogens with one attached hydrogen (secondary N) is 1. The molecule has 0 aliphatic heterocycles. The molecule has 2 heterocycles. The molecular formula is C16H26N6. The summed E-state index contributed by atoms with van der Waals surface area (Å²) in [6.07, 6.45) is 7.05. The predicted octanol–water partition coefficient (Wildman–Crippen LogP) is 2.35. The van der Waals surface area contributed by atoms with Gasteiger partial charge < -0.3 is 11.1 Å². The van der Waals surface area contributed by atoms with Gasteiger partial charge >= 0.3 is 0 Å². The highest BCUT2D eigenvalue weighted by molar-refractivity contribution is 5.78. The van der Waals surface area contributed by atoms with Gasteiger partial charge in [0.25, 0.3) is 0 Å². The van der Waals surface area contributed by atoms with Gasteiger partial charge in [0.05, 0.1) is 18.4 Å². The summed E-state index contributed by atoms with van der Waals surface area (Å²) in [5.74, 6) is 1.23. The Hall–Kier alpha value is -2.11. The quantitative estimate of drug-likeness (QED) is 0.607. The number of aromatic nitrogens is 3. The van der Waals surface area contributed by atoms with E-state index in [0.29, 0.717) is 18.5 Å². The van der Waals surface area contributed by atoms with E-state index in [9.17, 15) is 0 Å². The zero-order chi connectivity index (χ0) is 15.9. The molecule has 0 saturated carbocycles. The van der Waals surface area contributed by atoms with Crippen LogP contribution in [-0.4, -0.2) is 26.6 Å². The van der Waals surface area contributed by atoms with Crippen molar-refractivity contribution in [1.29, 1.82) is 0 Å². The van der Waals surface area contributed by atoms with Crippen molar-refractivity contribution in [3.05, 3.63) is 30.2 Å². The van der Waals surface area contributed by atoms with E-state index in [1.807, 2.05) is 12.1 Å². The van der Waals surface area contributed by atoms with Crippen LogP contribution in [0.25, 0.3) is 5.65 Å². The Kier molecular flexibility index (Phi) is 5.75. The lowest BCUT2D eigenvalue weighted by Crippen LogP contribution is -2.38. The van der Waals surface area contributed by atoms with E-state index in [1.54, 1.807) is 16.9 Å². The second-order valence-electron chi connectivity index (χ2n) is 6.11. The molecule has 6 heteroatoms. The van der Waals surface area contributed by atoms with Crippen LogP contribution in [0, 0.1) is 5.92 Å². The highest BCUT2D eigenvalue weighted by Gasteiger charge is 2.05. The molecule has 0 amide bonds. The van der Waals surface area contributed by atoms with E-state index >= 15 is 0 Å². The van der Waals surface area contributed by atoms with Crippen LogP contribution in [0.4, 0.5) is 0 Å². The predicted molar refractivity (Wildman–Crippen MR) is 89.6 cm³/mol. The summed E-state index contributed by atoms with van der Waals surface area (Å²) in [7, 11) is 0. The maximum atomic E-state index is 5.97. The molecule has 1 atom stereocenters. The third kappa shape index (κ3) is 4.72. The van der Waals surface area contributed by atoms with Crippen molar-refractivity contribution in [2.75, 3.05) is 0 Å². The Labute approximate surface area is 131 Å². The van der Waals surface area contributed by atoms with Crippen LogP contribution in [-0.2, 0) is 6.54 Å². The van der Waals surface area contributed by atoms with E-state index in [-0.39, 0.29) is 0 Å². The Bertz CT molecular complexity index is 616. The number of nitrogens with zero attached hydrogens (tertiary/aromatic N) is 4. The summed E-state index contributed by atoms with van der Waals surface area (Å²) in [6, 6.07) is 4.11. The minimum Gasteiger partial charge on any atom is -0.370 e.